The van der Waals surface area contributed by atoms with E-state index >= 15 is 71.9 Å². The average Bonchev–Trinajstić information content (AvgIpc) is 1.49. The fourth-order valence-electron chi connectivity index (χ4n) is 22.1. The molecule has 0 radical (unpaired) electrons. The number of amides is 32. The lowest BCUT2D eigenvalue weighted by atomic mass is 10.2. The van der Waals surface area contributed by atoms with Crippen LogP contribution in [0.3, 0.4) is 0 Å². The molecule has 0 aliphatic carbocycles. The van der Waals surface area contributed by atoms with E-state index < -0.39 is 301 Å². The van der Waals surface area contributed by atoms with Crippen LogP contribution in [-0.4, -0.2) is 482 Å². The van der Waals surface area contributed by atoms with Gasteiger partial charge in [-0.15, -0.1) is 5.10 Å². The highest BCUT2D eigenvalue weighted by Gasteiger charge is 2.80. The largest absolute Gasteiger partial charge is 0.383 e. The molecular formula is C55H61N35O18. The molecule has 24 aliphatic rings. The summed E-state index contributed by atoms with van der Waals surface area (Å²) in [5.74, 6) is -2.42. The van der Waals surface area contributed by atoms with Crippen molar-refractivity contribution in [1.82, 2.24) is 172 Å². The molecule has 53 heteroatoms. The number of aromatic nitrogens is 3. The molecule has 16 unspecified atom stereocenters. The highest BCUT2D eigenvalue weighted by atomic mass is 16.6. The van der Waals surface area contributed by atoms with Crippen molar-refractivity contribution in [1.29, 1.82) is 0 Å². The summed E-state index contributed by atoms with van der Waals surface area (Å²) in [5, 5.41) is 11.4. The third-order valence-electron chi connectivity index (χ3n) is 26.5. The minimum Gasteiger partial charge on any atom is -0.383 e. The van der Waals surface area contributed by atoms with Gasteiger partial charge in [0.2, 0.25) is 0 Å². The Labute approximate surface area is 603 Å². The van der Waals surface area contributed by atoms with Crippen molar-refractivity contribution >= 4 is 96.5 Å². The Morgan fingerprint density at radius 2 is 0.620 bits per heavy atom. The Hall–Kier alpha value is -12.6. The molecule has 1 N–H and O–H groups in total. The highest BCUT2D eigenvalue weighted by Crippen LogP contribution is 2.55. The number of hydrogen-bond acceptors (Lipinski definition) is 20. The van der Waals surface area contributed by atoms with Crippen LogP contribution >= 0.6 is 0 Å². The summed E-state index contributed by atoms with van der Waals surface area (Å²) in [4.78, 5) is 290. The SMILES string of the molecule is CCN1C(=O)N2CN3C(=O)N4CN5C(=O)N6CN7C(=O)N8CN9C(=O)N%10CN%11C(=O)N%12CN%13C(=O)N%14CN%15C(=O)NC%16C%15N%15CN%17C(=O)N(CN%18C(=O)N(CN%19C(=O)N(CN%20C(=O)N(CN%21C(=O)N(CN%22C(=O)N(CN%23C(=O)N(CN%16C%15=O)C1C2%23)C3C4%22)C5C6%21)C7(OCc1cn(CCOC)nn1)C8%20)C9C%10%19)C%11C%12%18)C%13C%14%17. The lowest BCUT2D eigenvalue weighted by molar-refractivity contribution is -0.241. The van der Waals surface area contributed by atoms with E-state index in [4.69, 9.17) is 9.47 Å². The second-order valence-corrected chi connectivity index (χ2v) is 30.7. The number of urea groups is 16. The molecule has 108 heavy (non-hydrogen) atoms. The molecule has 564 valence electrons. The summed E-state index contributed by atoms with van der Waals surface area (Å²) in [7, 11) is 1.50. The summed E-state index contributed by atoms with van der Waals surface area (Å²) in [5.41, 5.74) is 0.176. The van der Waals surface area contributed by atoms with Crippen LogP contribution in [0.2, 0.25) is 0 Å². The monoisotopic (exact) mass is 1500 g/mol. The highest BCUT2D eigenvalue weighted by molar-refractivity contribution is 5.96. The molecule has 32 amide bonds. The van der Waals surface area contributed by atoms with Gasteiger partial charge in [-0.25, -0.2) is 81.4 Å². The van der Waals surface area contributed by atoms with Gasteiger partial charge in [0, 0.05) is 13.7 Å². The predicted octanol–water partition coefficient (Wildman–Crippen LogP) is -7.43. The van der Waals surface area contributed by atoms with Crippen LogP contribution < -0.4 is 5.32 Å². The maximum absolute atomic E-state index is 16.3. The Morgan fingerprint density at radius 1 is 0.343 bits per heavy atom. The number of carbonyl (C=O) groups excluding carboxylic acids is 16. The van der Waals surface area contributed by atoms with Crippen molar-refractivity contribution in [2.75, 3.05) is 120 Å². The Bertz CT molecular complexity index is 4640. The second-order valence-electron chi connectivity index (χ2n) is 30.7. The van der Waals surface area contributed by atoms with Crippen LogP contribution in [0.15, 0.2) is 6.20 Å². The molecule has 16 bridgehead atoms. The summed E-state index contributed by atoms with van der Waals surface area (Å²) < 4.78 is 13.8. The zero-order valence-electron chi connectivity index (χ0n) is 56.7. The van der Waals surface area contributed by atoms with Crippen LogP contribution in [-0.2, 0) is 22.6 Å². The molecule has 25 rings (SSSR count). The number of ether oxygens (including phenoxy) is 2. The van der Waals surface area contributed by atoms with Gasteiger partial charge in [0.05, 0.1) is 26.0 Å². The van der Waals surface area contributed by atoms with Crippen LogP contribution in [0.5, 0.6) is 0 Å². The van der Waals surface area contributed by atoms with Crippen LogP contribution in [0, 0.1) is 0 Å². The van der Waals surface area contributed by atoms with Crippen molar-refractivity contribution in [2.45, 2.75) is 118 Å². The fraction of sp³-hybridized carbons (Fsp3) is 0.673. The quantitative estimate of drug-likeness (QED) is 0.265. The molecule has 24 saturated heterocycles. The Morgan fingerprint density at radius 3 is 0.963 bits per heavy atom. The van der Waals surface area contributed by atoms with E-state index in [0.29, 0.717) is 0 Å². The van der Waals surface area contributed by atoms with Gasteiger partial charge in [-0.2, -0.15) is 0 Å². The first-order chi connectivity index (χ1) is 52.1. The van der Waals surface area contributed by atoms with Crippen LogP contribution in [0.4, 0.5) is 76.7 Å². The summed E-state index contributed by atoms with van der Waals surface area (Å²) >= 11 is 0. The molecule has 25 heterocycles. The van der Waals surface area contributed by atoms with E-state index in [1.165, 1.54) is 154 Å². The Kier molecular flexibility index (Phi) is 10.3. The van der Waals surface area contributed by atoms with Gasteiger partial charge in [-0.1, -0.05) is 5.21 Å². The normalized spacial score (nSPS) is 37.5. The summed E-state index contributed by atoms with van der Waals surface area (Å²) in [6, 6.07) is -12.7. The van der Waals surface area contributed by atoms with Gasteiger partial charge in [-0.3, -0.25) is 147 Å². The number of likely N-dealkylation sites (N-methyl/N-ethyl adjacent to an activating group) is 1. The number of rotatable bonds is 7. The molecule has 1 aromatic heterocycles. The van der Waals surface area contributed by atoms with Crippen LogP contribution in [0.25, 0.3) is 0 Å². The zero-order chi connectivity index (χ0) is 73.1. The fourth-order valence-corrected chi connectivity index (χ4v) is 22.1. The lowest BCUT2D eigenvalue weighted by Crippen LogP contribution is -2.69. The first-order valence-electron chi connectivity index (χ1n) is 35.3. The second kappa shape index (κ2) is 18.6. The molecule has 16 atom stereocenters. The van der Waals surface area contributed by atoms with E-state index in [9.17, 15) is 4.79 Å². The summed E-state index contributed by atoms with van der Waals surface area (Å²) in [6.07, 6.45) is -18.6. The lowest BCUT2D eigenvalue weighted by Gasteiger charge is -2.47. The maximum Gasteiger partial charge on any atom is 0.328 e. The van der Waals surface area contributed by atoms with Gasteiger partial charge in [0.25, 0.3) is 5.85 Å². The smallest absolute Gasteiger partial charge is 0.328 e. The average molecular weight is 1500 g/mol. The zero-order valence-corrected chi connectivity index (χ0v) is 56.7. The molecule has 0 aromatic carbocycles. The number of carbonyl (C=O) groups is 16. The number of nitrogens with one attached hydrogen (secondary N) is 1. The number of fused-ring (bicyclic) bond motifs is 4. The van der Waals surface area contributed by atoms with E-state index in [0.717, 1.165) is 9.80 Å². The summed E-state index contributed by atoms with van der Waals surface area (Å²) in [6.45, 7) is -7.87. The third kappa shape index (κ3) is 6.20. The van der Waals surface area contributed by atoms with E-state index in [1.54, 1.807) is 13.1 Å². The molecule has 53 nitrogen and oxygen atoms in total. The molecule has 24 aliphatic heterocycles. The molecule has 1 aromatic rings. The van der Waals surface area contributed by atoms with Crippen molar-refractivity contribution in [2.24, 2.45) is 0 Å². The first-order valence-corrected chi connectivity index (χ1v) is 35.3. The number of nitrogens with zero attached hydrogens (tertiary/aromatic N) is 34. The van der Waals surface area contributed by atoms with Crippen molar-refractivity contribution < 1.29 is 86.2 Å². The van der Waals surface area contributed by atoms with Crippen molar-refractivity contribution in [3.63, 3.8) is 0 Å². The first kappa shape index (κ1) is 59.6. The molecular weight excluding hydrogens is 1440 g/mol. The van der Waals surface area contributed by atoms with E-state index in [2.05, 4.69) is 15.6 Å². The predicted molar refractivity (Wildman–Crippen MR) is 326 cm³/mol. The van der Waals surface area contributed by atoms with Crippen molar-refractivity contribution in [3.05, 3.63) is 11.9 Å². The number of hydrogen-bond donors (Lipinski definition) is 1. The molecule has 0 saturated carbocycles. The molecule has 24 fully saturated rings. The van der Waals surface area contributed by atoms with E-state index in [-0.39, 0.29) is 25.4 Å². The molecule has 0 spiro atoms. The topological polar surface area (TPSA) is 435 Å². The maximum atomic E-state index is 16.3. The standard InChI is InChI=1S/C55H61N35O18/c1-3-60-26-27-66(40(60)92)11-69-30-31-77(45(69)97)17-81-36-37-85(51(81)103)21-89-53(105)87-19-83-35-34-79(49(83)101)15-75-33-32-73(47(75)99)13-70-29-28-65(43(70)95)9-62-25-24(56-39(62)91)61-8-64(26)42(94)68(27)12-71(30)46(98)78(31)18-82(36)52(104)86(37)22-90-54(106)88(38(87)55(89,90)108-7-23-6-59(58-57-23)4-5-107-2)20-84(35)50(102)80(34)16-76(33)48(100)74(32)14-72(29)44(96)67(28)10-63(25)41(61)93/h6,24-38H,3-5,7-22H2,1-2H3,(H,56,91). The van der Waals surface area contributed by atoms with Gasteiger partial charge < -0.3 is 19.7 Å². The van der Waals surface area contributed by atoms with E-state index in [1.807, 2.05) is 0 Å². The van der Waals surface area contributed by atoms with Gasteiger partial charge in [0.1, 0.15) is 112 Å². The van der Waals surface area contributed by atoms with Crippen LogP contribution in [0.1, 0.15) is 12.6 Å². The van der Waals surface area contributed by atoms with Gasteiger partial charge in [-0.05, 0) is 6.92 Å². The van der Waals surface area contributed by atoms with Gasteiger partial charge in [0.15, 0.2) is 86.3 Å². The minimum atomic E-state index is -2.42. The minimum absolute atomic E-state index is 0.0281. The number of methoxy groups -OCH3 is 1. The van der Waals surface area contributed by atoms with Gasteiger partial charge >= 0.3 is 96.5 Å². The Balaban J connectivity index is 0.653. The third-order valence-corrected chi connectivity index (χ3v) is 26.5. The van der Waals surface area contributed by atoms with Crippen molar-refractivity contribution in [3.8, 4) is 0 Å².